The lowest BCUT2D eigenvalue weighted by atomic mass is 10.1. The topological polar surface area (TPSA) is 38.9 Å². The molecule has 2 nitrogen and oxygen atoms in total. The summed E-state index contributed by atoms with van der Waals surface area (Å²) in [4.78, 5) is 3.08. The Morgan fingerprint density at radius 1 is 1.38 bits per heavy atom. The van der Waals surface area contributed by atoms with Crippen LogP contribution in [0.2, 0.25) is 0 Å². The number of nitrogens with two attached hydrogens (primary N) is 1. The molecule has 16 heavy (non-hydrogen) atoms. The van der Waals surface area contributed by atoms with Gasteiger partial charge in [0.15, 0.2) is 5.69 Å². The van der Waals surface area contributed by atoms with Gasteiger partial charge >= 0.3 is 6.18 Å². The van der Waals surface area contributed by atoms with E-state index in [4.69, 9.17) is 5.73 Å². The van der Waals surface area contributed by atoms with Crippen molar-refractivity contribution in [1.82, 2.24) is 4.98 Å². The van der Waals surface area contributed by atoms with Crippen molar-refractivity contribution < 1.29 is 22.0 Å². The molecule has 90 valence electrons. The molecule has 8 heteroatoms. The maximum atomic E-state index is 12.6. The van der Waals surface area contributed by atoms with Crippen LogP contribution in [0.15, 0.2) is 10.7 Å². The Morgan fingerprint density at radius 3 is 2.31 bits per heavy atom. The molecule has 0 aromatic carbocycles. The first-order chi connectivity index (χ1) is 7.29. The summed E-state index contributed by atoms with van der Waals surface area (Å²) in [5, 5.41) is 0. The van der Waals surface area contributed by atoms with Gasteiger partial charge in [0.2, 0.25) is 0 Å². The van der Waals surface area contributed by atoms with Crippen molar-refractivity contribution >= 4 is 15.9 Å². The highest BCUT2D eigenvalue weighted by Crippen LogP contribution is 2.39. The molecule has 0 bridgehead atoms. The van der Waals surface area contributed by atoms with Gasteiger partial charge in [-0.2, -0.15) is 13.2 Å². The summed E-state index contributed by atoms with van der Waals surface area (Å²) in [6.07, 6.45) is -7.11. The van der Waals surface area contributed by atoms with Crippen molar-refractivity contribution in [3.8, 4) is 0 Å². The lowest BCUT2D eigenvalue weighted by Gasteiger charge is -2.14. The molecule has 0 aliphatic carbocycles. The molecule has 2 N–H and O–H groups in total. The molecule has 0 aliphatic heterocycles. The summed E-state index contributed by atoms with van der Waals surface area (Å²) in [7, 11) is 0. The minimum atomic E-state index is -4.78. The van der Waals surface area contributed by atoms with Crippen LogP contribution < -0.4 is 5.73 Å². The second kappa shape index (κ2) is 4.62. The predicted molar refractivity (Wildman–Crippen MR) is 49.8 cm³/mol. The monoisotopic (exact) mass is 304 g/mol. The molecule has 1 rings (SSSR count). The quantitative estimate of drug-likeness (QED) is 0.852. The lowest BCUT2D eigenvalue weighted by Crippen LogP contribution is -2.13. The molecule has 0 unspecified atom stereocenters. The van der Waals surface area contributed by atoms with Crippen molar-refractivity contribution in [3.63, 3.8) is 0 Å². The summed E-state index contributed by atoms with van der Waals surface area (Å²) in [6.45, 7) is -0.302. The van der Waals surface area contributed by atoms with Gasteiger partial charge in [-0.25, -0.2) is 8.78 Å². The molecule has 0 aliphatic rings. The van der Waals surface area contributed by atoms with Gasteiger partial charge < -0.3 is 5.73 Å². The smallest absolute Gasteiger partial charge is 0.326 e. The van der Waals surface area contributed by atoms with E-state index in [0.717, 1.165) is 6.20 Å². The first kappa shape index (κ1) is 13.3. The molecule has 1 heterocycles. The van der Waals surface area contributed by atoms with Gasteiger partial charge in [-0.3, -0.25) is 4.98 Å². The number of halogens is 6. The Kier molecular flexibility index (Phi) is 3.84. The molecule has 0 saturated heterocycles. The molecular weight excluding hydrogens is 299 g/mol. The fourth-order valence-corrected chi connectivity index (χ4v) is 1.89. The first-order valence-electron chi connectivity index (χ1n) is 4.01. The zero-order valence-corrected chi connectivity index (χ0v) is 9.24. The van der Waals surface area contributed by atoms with Crippen LogP contribution >= 0.6 is 15.9 Å². The summed E-state index contributed by atoms with van der Waals surface area (Å²) < 4.78 is 61.5. The number of alkyl halides is 5. The van der Waals surface area contributed by atoms with Crippen molar-refractivity contribution in [2.24, 2.45) is 5.73 Å². The van der Waals surface area contributed by atoms with Gasteiger partial charge in [-0.05, 0) is 21.5 Å². The van der Waals surface area contributed by atoms with E-state index in [0.29, 0.717) is 0 Å². The van der Waals surface area contributed by atoms with Crippen molar-refractivity contribution in [2.45, 2.75) is 19.1 Å². The van der Waals surface area contributed by atoms with E-state index in [9.17, 15) is 22.0 Å². The van der Waals surface area contributed by atoms with Gasteiger partial charge in [0.25, 0.3) is 6.43 Å². The number of aromatic nitrogens is 1. The van der Waals surface area contributed by atoms with Crippen LogP contribution in [0.25, 0.3) is 0 Å². The van der Waals surface area contributed by atoms with Crippen LogP contribution in [-0.4, -0.2) is 4.98 Å². The number of pyridine rings is 1. The molecule has 0 spiro atoms. The Balaban J connectivity index is 3.44. The van der Waals surface area contributed by atoms with E-state index in [2.05, 4.69) is 20.9 Å². The first-order valence-corrected chi connectivity index (χ1v) is 4.81. The molecule has 0 saturated carbocycles. The highest BCUT2D eigenvalue weighted by Gasteiger charge is 2.37. The lowest BCUT2D eigenvalue weighted by molar-refractivity contribution is -0.142. The molecule has 0 atom stereocenters. The number of nitrogens with zero attached hydrogens (tertiary/aromatic N) is 1. The number of rotatable bonds is 2. The predicted octanol–water partition coefficient (Wildman–Crippen LogP) is 3.26. The van der Waals surface area contributed by atoms with Crippen LogP contribution in [0.5, 0.6) is 0 Å². The van der Waals surface area contributed by atoms with E-state index in [1.54, 1.807) is 0 Å². The van der Waals surface area contributed by atoms with Crippen molar-refractivity contribution in [2.75, 3.05) is 0 Å². The minimum absolute atomic E-state index is 0.116. The summed E-state index contributed by atoms with van der Waals surface area (Å²) >= 11 is 2.49. The Morgan fingerprint density at radius 2 is 1.94 bits per heavy atom. The fraction of sp³-hybridized carbons (Fsp3) is 0.375. The summed E-state index contributed by atoms with van der Waals surface area (Å²) in [5.41, 5.74) is 2.89. The van der Waals surface area contributed by atoms with Crippen LogP contribution in [0, 0.1) is 0 Å². The zero-order valence-electron chi connectivity index (χ0n) is 7.65. The van der Waals surface area contributed by atoms with Crippen LogP contribution in [-0.2, 0) is 12.7 Å². The van der Waals surface area contributed by atoms with E-state index in [1.807, 2.05) is 0 Å². The molecular formula is C8H6BrF5N2. The Hall–Kier alpha value is -0.760. The Labute approximate surface area is 95.8 Å². The normalized spacial score (nSPS) is 12.2. The van der Waals surface area contributed by atoms with E-state index in [1.165, 1.54) is 0 Å². The van der Waals surface area contributed by atoms with Crippen molar-refractivity contribution in [1.29, 1.82) is 0 Å². The average molecular weight is 305 g/mol. The summed E-state index contributed by atoms with van der Waals surface area (Å²) in [5.74, 6) is 0. The van der Waals surface area contributed by atoms with Gasteiger partial charge in [0.05, 0.1) is 4.47 Å². The highest BCUT2D eigenvalue weighted by molar-refractivity contribution is 9.10. The fourth-order valence-electron chi connectivity index (χ4n) is 1.13. The second-order valence-corrected chi connectivity index (χ2v) is 3.66. The van der Waals surface area contributed by atoms with Crippen molar-refractivity contribution in [3.05, 3.63) is 27.5 Å². The molecule has 0 amide bonds. The molecule has 1 aromatic rings. The summed E-state index contributed by atoms with van der Waals surface area (Å²) in [6, 6.07) is 0. The van der Waals surface area contributed by atoms with Crippen LogP contribution in [0.4, 0.5) is 22.0 Å². The SMILES string of the molecule is NCc1cnc(C(F)(F)F)c(Br)c1C(F)F. The van der Waals surface area contributed by atoms with Gasteiger partial charge in [-0.1, -0.05) is 0 Å². The largest absolute Gasteiger partial charge is 0.434 e. The van der Waals surface area contributed by atoms with Crippen LogP contribution in [0.1, 0.15) is 23.2 Å². The highest BCUT2D eigenvalue weighted by atomic mass is 79.9. The third kappa shape index (κ3) is 2.49. The molecule has 0 radical (unpaired) electrons. The molecule has 1 aromatic heterocycles. The van der Waals surface area contributed by atoms with E-state index in [-0.39, 0.29) is 12.1 Å². The van der Waals surface area contributed by atoms with E-state index >= 15 is 0 Å². The second-order valence-electron chi connectivity index (χ2n) is 2.86. The van der Waals surface area contributed by atoms with Gasteiger partial charge in [0.1, 0.15) is 0 Å². The average Bonchev–Trinajstić information content (AvgIpc) is 2.14. The maximum absolute atomic E-state index is 12.6. The number of hydrogen-bond donors (Lipinski definition) is 1. The molecule has 0 fully saturated rings. The van der Waals surface area contributed by atoms with Gasteiger partial charge in [0, 0.05) is 18.3 Å². The third-order valence-electron chi connectivity index (χ3n) is 1.85. The van der Waals surface area contributed by atoms with Gasteiger partial charge in [-0.15, -0.1) is 0 Å². The Bertz CT molecular complexity index is 391. The van der Waals surface area contributed by atoms with E-state index < -0.39 is 28.3 Å². The standard InChI is InChI=1S/C8H6BrF5N2/c9-5-4(7(10)11)3(1-15)2-16-6(5)8(12,13)14/h2,7H,1,15H2. The third-order valence-corrected chi connectivity index (χ3v) is 2.65. The van der Waals surface area contributed by atoms with Crippen LogP contribution in [0.3, 0.4) is 0 Å². The maximum Gasteiger partial charge on any atom is 0.434 e. The number of hydrogen-bond acceptors (Lipinski definition) is 2. The zero-order chi connectivity index (χ0) is 12.5. The minimum Gasteiger partial charge on any atom is -0.326 e.